The van der Waals surface area contributed by atoms with Gasteiger partial charge in [0.05, 0.1) is 11.6 Å². The number of aliphatic hydroxyl groups excluding tert-OH is 1. The van der Waals surface area contributed by atoms with E-state index in [1.165, 1.54) is 4.90 Å². The van der Waals surface area contributed by atoms with Crippen LogP contribution in [0.3, 0.4) is 0 Å². The van der Waals surface area contributed by atoms with Crippen molar-refractivity contribution in [2.75, 3.05) is 4.90 Å². The van der Waals surface area contributed by atoms with Gasteiger partial charge in [0.2, 0.25) is 0 Å². The standard InChI is InChI=1S/C25H21NO3/c1-16-8-12-19(13-9-16)23(27)21-22(18-6-4-3-5-7-18)26(25(29)24(21)28)20-14-10-17(2)11-15-20/h3-15,22,27H,1-2H3/b23-21+. The van der Waals surface area contributed by atoms with Crippen molar-refractivity contribution < 1.29 is 14.7 Å². The molecule has 144 valence electrons. The van der Waals surface area contributed by atoms with Crippen LogP contribution in [-0.2, 0) is 9.59 Å². The number of carbonyl (C=O) groups excluding carboxylic acids is 2. The Hall–Kier alpha value is -3.66. The Kier molecular flexibility index (Phi) is 4.77. The van der Waals surface area contributed by atoms with E-state index >= 15 is 0 Å². The lowest BCUT2D eigenvalue weighted by Gasteiger charge is -2.25. The molecule has 1 fully saturated rings. The van der Waals surface area contributed by atoms with Crippen molar-refractivity contribution in [2.45, 2.75) is 19.9 Å². The minimum atomic E-state index is -0.694. The molecule has 3 aromatic carbocycles. The number of rotatable bonds is 3. The van der Waals surface area contributed by atoms with Crippen LogP contribution in [0.5, 0.6) is 0 Å². The Morgan fingerprint density at radius 2 is 1.34 bits per heavy atom. The molecule has 1 atom stereocenters. The van der Waals surface area contributed by atoms with Crippen molar-refractivity contribution in [3.8, 4) is 0 Å². The lowest BCUT2D eigenvalue weighted by molar-refractivity contribution is -0.132. The van der Waals surface area contributed by atoms with Gasteiger partial charge in [0.15, 0.2) is 0 Å². The van der Waals surface area contributed by atoms with Crippen molar-refractivity contribution >= 4 is 23.1 Å². The molecule has 1 saturated heterocycles. The molecule has 1 aliphatic rings. The largest absolute Gasteiger partial charge is 0.507 e. The summed E-state index contributed by atoms with van der Waals surface area (Å²) in [7, 11) is 0. The Morgan fingerprint density at radius 1 is 0.793 bits per heavy atom. The number of Topliss-reactive ketones (excluding diaryl/α,β-unsaturated/α-hetero) is 1. The fraction of sp³-hybridized carbons (Fsp3) is 0.120. The molecule has 0 saturated carbocycles. The Morgan fingerprint density at radius 3 is 1.93 bits per heavy atom. The Bertz CT molecular complexity index is 1100. The first-order valence-corrected chi connectivity index (χ1v) is 9.47. The third-order valence-electron chi connectivity index (χ3n) is 5.20. The summed E-state index contributed by atoms with van der Waals surface area (Å²) in [6.07, 6.45) is 0. The fourth-order valence-corrected chi connectivity index (χ4v) is 3.62. The number of hydrogen-bond acceptors (Lipinski definition) is 3. The highest BCUT2D eigenvalue weighted by molar-refractivity contribution is 6.51. The SMILES string of the molecule is Cc1ccc(/C(O)=C2\C(=O)C(=O)N(c3ccc(C)cc3)C2c2ccccc2)cc1. The van der Waals surface area contributed by atoms with Crippen LogP contribution in [0.1, 0.15) is 28.3 Å². The van der Waals surface area contributed by atoms with Gasteiger partial charge in [0, 0.05) is 11.3 Å². The Labute approximate surface area is 169 Å². The topological polar surface area (TPSA) is 57.6 Å². The number of anilines is 1. The van der Waals surface area contributed by atoms with Crippen LogP contribution in [0, 0.1) is 13.8 Å². The van der Waals surface area contributed by atoms with E-state index in [0.29, 0.717) is 11.3 Å². The highest BCUT2D eigenvalue weighted by Crippen LogP contribution is 2.42. The smallest absolute Gasteiger partial charge is 0.300 e. The van der Waals surface area contributed by atoms with E-state index in [9.17, 15) is 14.7 Å². The van der Waals surface area contributed by atoms with E-state index in [1.54, 1.807) is 12.1 Å². The number of aliphatic hydroxyl groups is 1. The zero-order chi connectivity index (χ0) is 20.5. The second kappa shape index (κ2) is 7.40. The monoisotopic (exact) mass is 383 g/mol. The lowest BCUT2D eigenvalue weighted by atomic mass is 9.95. The third kappa shape index (κ3) is 3.34. The zero-order valence-electron chi connectivity index (χ0n) is 16.3. The molecule has 0 radical (unpaired) electrons. The number of aryl methyl sites for hydroxylation is 2. The van der Waals surface area contributed by atoms with Gasteiger partial charge in [-0.1, -0.05) is 77.9 Å². The highest BCUT2D eigenvalue weighted by atomic mass is 16.3. The van der Waals surface area contributed by atoms with Crippen LogP contribution in [0.25, 0.3) is 5.76 Å². The van der Waals surface area contributed by atoms with Crippen LogP contribution in [0.2, 0.25) is 0 Å². The van der Waals surface area contributed by atoms with Gasteiger partial charge in [-0.2, -0.15) is 0 Å². The van der Waals surface area contributed by atoms with Crippen LogP contribution < -0.4 is 4.90 Å². The number of hydrogen-bond donors (Lipinski definition) is 1. The van der Waals surface area contributed by atoms with Crippen LogP contribution >= 0.6 is 0 Å². The summed E-state index contributed by atoms with van der Waals surface area (Å²) in [5, 5.41) is 11.0. The molecule has 0 aliphatic carbocycles. The molecular formula is C25H21NO3. The molecule has 1 N–H and O–H groups in total. The first kappa shape index (κ1) is 18.7. The van der Waals surface area contributed by atoms with E-state index in [1.807, 2.05) is 80.6 Å². The van der Waals surface area contributed by atoms with E-state index in [4.69, 9.17) is 0 Å². The predicted octanol–water partition coefficient (Wildman–Crippen LogP) is 4.93. The number of benzene rings is 3. The van der Waals surface area contributed by atoms with Crippen LogP contribution in [0.4, 0.5) is 5.69 Å². The maximum atomic E-state index is 13.0. The van der Waals surface area contributed by atoms with Crippen molar-refractivity contribution in [1.29, 1.82) is 0 Å². The van der Waals surface area contributed by atoms with Crippen LogP contribution in [-0.4, -0.2) is 16.8 Å². The van der Waals surface area contributed by atoms with Gasteiger partial charge in [-0.3, -0.25) is 14.5 Å². The zero-order valence-corrected chi connectivity index (χ0v) is 16.3. The molecule has 1 aliphatic heterocycles. The Balaban J connectivity index is 1.93. The van der Waals surface area contributed by atoms with Crippen molar-refractivity contribution in [3.63, 3.8) is 0 Å². The minimum absolute atomic E-state index is 0.102. The van der Waals surface area contributed by atoms with Gasteiger partial charge < -0.3 is 5.11 Å². The number of carbonyl (C=O) groups is 2. The minimum Gasteiger partial charge on any atom is -0.507 e. The summed E-state index contributed by atoms with van der Waals surface area (Å²) < 4.78 is 0. The van der Waals surface area contributed by atoms with Gasteiger partial charge in [-0.25, -0.2) is 0 Å². The number of ketones is 1. The third-order valence-corrected chi connectivity index (χ3v) is 5.20. The molecule has 1 unspecified atom stereocenters. The molecule has 1 amide bonds. The molecule has 4 nitrogen and oxygen atoms in total. The van der Waals surface area contributed by atoms with Crippen molar-refractivity contribution in [3.05, 3.63) is 107 Å². The van der Waals surface area contributed by atoms with Crippen molar-refractivity contribution in [1.82, 2.24) is 0 Å². The lowest BCUT2D eigenvalue weighted by Crippen LogP contribution is -2.29. The van der Waals surface area contributed by atoms with Crippen LogP contribution in [0.15, 0.2) is 84.4 Å². The van der Waals surface area contributed by atoms with Crippen molar-refractivity contribution in [2.24, 2.45) is 0 Å². The summed E-state index contributed by atoms with van der Waals surface area (Å²) >= 11 is 0. The van der Waals surface area contributed by atoms with E-state index in [-0.39, 0.29) is 11.3 Å². The van der Waals surface area contributed by atoms with Gasteiger partial charge in [-0.15, -0.1) is 0 Å². The average Bonchev–Trinajstić information content (AvgIpc) is 3.00. The normalized spacial score (nSPS) is 18.3. The highest BCUT2D eigenvalue weighted by Gasteiger charge is 2.46. The van der Waals surface area contributed by atoms with Gasteiger partial charge in [-0.05, 0) is 31.5 Å². The molecule has 0 aromatic heterocycles. The summed E-state index contributed by atoms with van der Waals surface area (Å²) in [5.74, 6) is -1.49. The quantitative estimate of drug-likeness (QED) is 0.396. The van der Waals surface area contributed by atoms with E-state index in [2.05, 4.69) is 0 Å². The average molecular weight is 383 g/mol. The summed E-state index contributed by atoms with van der Waals surface area (Å²) in [6.45, 7) is 3.91. The maximum absolute atomic E-state index is 13.0. The summed E-state index contributed by atoms with van der Waals surface area (Å²) in [6, 6.07) is 23.3. The predicted molar refractivity (Wildman–Crippen MR) is 114 cm³/mol. The molecule has 0 spiro atoms. The molecule has 1 heterocycles. The first-order valence-electron chi connectivity index (χ1n) is 9.47. The molecule has 4 rings (SSSR count). The first-order chi connectivity index (χ1) is 14.0. The van der Waals surface area contributed by atoms with E-state index in [0.717, 1.165) is 16.7 Å². The molecule has 0 bridgehead atoms. The summed E-state index contributed by atoms with van der Waals surface area (Å²) in [5.41, 5.74) is 4.10. The second-order valence-corrected chi connectivity index (χ2v) is 7.28. The van der Waals surface area contributed by atoms with Gasteiger partial charge in [0.25, 0.3) is 11.7 Å². The molecule has 4 heteroatoms. The molecule has 3 aromatic rings. The van der Waals surface area contributed by atoms with Gasteiger partial charge in [0.1, 0.15) is 5.76 Å². The fourth-order valence-electron chi connectivity index (χ4n) is 3.62. The van der Waals surface area contributed by atoms with E-state index < -0.39 is 17.7 Å². The second-order valence-electron chi connectivity index (χ2n) is 7.28. The van der Waals surface area contributed by atoms with Gasteiger partial charge >= 0.3 is 0 Å². The molecular weight excluding hydrogens is 362 g/mol. The summed E-state index contributed by atoms with van der Waals surface area (Å²) in [4.78, 5) is 27.5. The number of amides is 1. The molecule has 29 heavy (non-hydrogen) atoms. The maximum Gasteiger partial charge on any atom is 0.300 e. The number of nitrogens with zero attached hydrogens (tertiary/aromatic N) is 1.